The number of nitrogens with zero attached hydrogens (tertiary/aromatic N) is 1. The summed E-state index contributed by atoms with van der Waals surface area (Å²) in [5, 5.41) is 10.4. The molecule has 1 aliphatic heterocycles. The Morgan fingerprint density at radius 2 is 2.44 bits per heavy atom. The van der Waals surface area contributed by atoms with Crippen LogP contribution in [0, 0.1) is 11.3 Å². The van der Waals surface area contributed by atoms with Crippen LogP contribution >= 0.6 is 0 Å². The van der Waals surface area contributed by atoms with Crippen molar-refractivity contribution in [1.82, 2.24) is 10.2 Å². The molecule has 0 aromatic carbocycles. The lowest BCUT2D eigenvalue weighted by Gasteiger charge is -2.60. The highest BCUT2D eigenvalue weighted by Gasteiger charge is 2.57. The zero-order valence-corrected chi connectivity index (χ0v) is 9.86. The first-order valence-electron chi connectivity index (χ1n) is 6.06. The molecule has 3 unspecified atom stereocenters. The molecule has 16 heavy (non-hydrogen) atoms. The van der Waals surface area contributed by atoms with Gasteiger partial charge in [-0.2, -0.15) is 5.10 Å². The van der Waals surface area contributed by atoms with Crippen LogP contribution in [-0.2, 0) is 4.74 Å². The third kappa shape index (κ3) is 1.36. The summed E-state index contributed by atoms with van der Waals surface area (Å²) in [6.45, 7) is 5.51. The molecule has 3 atom stereocenters. The highest BCUT2D eigenvalue weighted by atomic mass is 16.5. The third-order valence-corrected chi connectivity index (χ3v) is 4.15. The molecule has 1 aromatic heterocycles. The zero-order chi connectivity index (χ0) is 11.2. The van der Waals surface area contributed by atoms with Crippen LogP contribution in [0.15, 0.2) is 12.4 Å². The van der Waals surface area contributed by atoms with Gasteiger partial charge in [-0.15, -0.1) is 0 Å². The van der Waals surface area contributed by atoms with Gasteiger partial charge < -0.3 is 10.1 Å². The van der Waals surface area contributed by atoms with E-state index in [4.69, 9.17) is 4.74 Å². The first kappa shape index (κ1) is 10.1. The Bertz CT molecular complexity index is 360. The van der Waals surface area contributed by atoms with E-state index in [9.17, 15) is 0 Å². The van der Waals surface area contributed by atoms with E-state index in [1.54, 1.807) is 0 Å². The fraction of sp³-hybridized carbons (Fsp3) is 0.750. The minimum atomic E-state index is 0.225. The first-order chi connectivity index (χ1) is 7.69. The third-order valence-electron chi connectivity index (χ3n) is 4.15. The van der Waals surface area contributed by atoms with Gasteiger partial charge in [0.25, 0.3) is 0 Å². The average Bonchev–Trinajstić information content (AvgIpc) is 2.79. The SMILES string of the molecule is CC1(C)C(Nc2cn[nH]c2)C2CCCOC21. The van der Waals surface area contributed by atoms with Crippen LogP contribution in [0.5, 0.6) is 0 Å². The van der Waals surface area contributed by atoms with Gasteiger partial charge in [0.2, 0.25) is 0 Å². The predicted octanol–water partition coefficient (Wildman–Crippen LogP) is 2.03. The number of nitrogens with one attached hydrogen (secondary N) is 2. The Morgan fingerprint density at radius 1 is 1.56 bits per heavy atom. The van der Waals surface area contributed by atoms with Gasteiger partial charge in [-0.3, -0.25) is 5.10 Å². The number of aromatic amines is 1. The molecule has 4 nitrogen and oxygen atoms in total. The number of rotatable bonds is 2. The molecule has 1 saturated carbocycles. The van der Waals surface area contributed by atoms with Crippen LogP contribution in [0.3, 0.4) is 0 Å². The molecule has 0 radical (unpaired) electrons. The van der Waals surface area contributed by atoms with Crippen molar-refractivity contribution in [2.24, 2.45) is 11.3 Å². The van der Waals surface area contributed by atoms with Crippen LogP contribution < -0.4 is 5.32 Å². The molecule has 2 heterocycles. The predicted molar refractivity (Wildman–Crippen MR) is 62.2 cm³/mol. The molecule has 2 aliphatic rings. The maximum Gasteiger partial charge on any atom is 0.0726 e. The Hall–Kier alpha value is -1.03. The first-order valence-corrected chi connectivity index (χ1v) is 6.06. The Labute approximate surface area is 95.8 Å². The van der Waals surface area contributed by atoms with E-state index < -0.39 is 0 Å². The summed E-state index contributed by atoms with van der Waals surface area (Å²) in [7, 11) is 0. The second-order valence-electron chi connectivity index (χ2n) is 5.53. The average molecular weight is 221 g/mol. The van der Waals surface area contributed by atoms with Gasteiger partial charge >= 0.3 is 0 Å². The van der Waals surface area contributed by atoms with Crippen LogP contribution in [0.4, 0.5) is 5.69 Å². The Morgan fingerprint density at radius 3 is 3.19 bits per heavy atom. The quantitative estimate of drug-likeness (QED) is 0.803. The fourth-order valence-corrected chi connectivity index (χ4v) is 3.32. The summed E-state index contributed by atoms with van der Waals surface area (Å²) in [6, 6.07) is 0.510. The molecule has 0 amide bonds. The van der Waals surface area contributed by atoms with Crippen molar-refractivity contribution in [2.75, 3.05) is 11.9 Å². The monoisotopic (exact) mass is 221 g/mol. The van der Waals surface area contributed by atoms with Crippen molar-refractivity contribution in [3.63, 3.8) is 0 Å². The van der Waals surface area contributed by atoms with Crippen molar-refractivity contribution in [1.29, 1.82) is 0 Å². The molecular weight excluding hydrogens is 202 g/mol. The number of anilines is 1. The molecule has 2 fully saturated rings. The number of hydrogen-bond donors (Lipinski definition) is 2. The molecule has 1 aromatic rings. The van der Waals surface area contributed by atoms with Crippen molar-refractivity contribution in [3.8, 4) is 0 Å². The van der Waals surface area contributed by atoms with Crippen molar-refractivity contribution >= 4 is 5.69 Å². The smallest absolute Gasteiger partial charge is 0.0726 e. The number of hydrogen-bond acceptors (Lipinski definition) is 3. The lowest BCUT2D eigenvalue weighted by molar-refractivity contribution is -0.177. The highest BCUT2D eigenvalue weighted by Crippen LogP contribution is 2.52. The van der Waals surface area contributed by atoms with E-state index in [2.05, 4.69) is 29.4 Å². The van der Waals surface area contributed by atoms with Gasteiger partial charge in [0.15, 0.2) is 0 Å². The maximum atomic E-state index is 5.88. The highest BCUT2D eigenvalue weighted by molar-refractivity contribution is 5.41. The molecule has 2 N–H and O–H groups in total. The number of ether oxygens (including phenoxy) is 1. The second kappa shape index (κ2) is 3.48. The molecule has 3 rings (SSSR count). The number of fused-ring (bicyclic) bond motifs is 1. The van der Waals surface area contributed by atoms with Gasteiger partial charge in [-0.25, -0.2) is 0 Å². The summed E-state index contributed by atoms with van der Waals surface area (Å²) in [5.74, 6) is 0.665. The van der Waals surface area contributed by atoms with Crippen molar-refractivity contribution < 1.29 is 4.74 Å². The van der Waals surface area contributed by atoms with Crippen molar-refractivity contribution in [2.45, 2.75) is 38.8 Å². The van der Waals surface area contributed by atoms with Gasteiger partial charge in [0.05, 0.1) is 18.0 Å². The van der Waals surface area contributed by atoms with E-state index in [1.807, 2.05) is 12.4 Å². The van der Waals surface area contributed by atoms with Gasteiger partial charge in [0, 0.05) is 30.2 Å². The largest absolute Gasteiger partial charge is 0.379 e. The van der Waals surface area contributed by atoms with E-state index >= 15 is 0 Å². The van der Waals surface area contributed by atoms with Crippen molar-refractivity contribution in [3.05, 3.63) is 12.4 Å². The Kier molecular flexibility index (Phi) is 2.21. The summed E-state index contributed by atoms with van der Waals surface area (Å²) >= 11 is 0. The molecular formula is C12H19N3O. The Balaban J connectivity index is 1.75. The van der Waals surface area contributed by atoms with Crippen LogP contribution in [0.2, 0.25) is 0 Å². The van der Waals surface area contributed by atoms with E-state index in [0.29, 0.717) is 18.1 Å². The van der Waals surface area contributed by atoms with E-state index in [-0.39, 0.29) is 5.41 Å². The van der Waals surface area contributed by atoms with Crippen LogP contribution in [-0.4, -0.2) is 29.0 Å². The number of aromatic nitrogens is 2. The van der Waals surface area contributed by atoms with E-state index in [0.717, 1.165) is 12.3 Å². The van der Waals surface area contributed by atoms with Crippen LogP contribution in [0.25, 0.3) is 0 Å². The summed E-state index contributed by atoms with van der Waals surface area (Å²) < 4.78 is 5.88. The van der Waals surface area contributed by atoms with E-state index in [1.165, 1.54) is 12.8 Å². The molecule has 88 valence electrons. The molecule has 0 bridgehead atoms. The topological polar surface area (TPSA) is 49.9 Å². The van der Waals surface area contributed by atoms with Gasteiger partial charge in [-0.05, 0) is 12.8 Å². The zero-order valence-electron chi connectivity index (χ0n) is 9.86. The number of H-pyrrole nitrogens is 1. The molecule has 1 aliphatic carbocycles. The summed E-state index contributed by atoms with van der Waals surface area (Å²) in [6.07, 6.45) is 6.66. The molecule has 1 saturated heterocycles. The summed E-state index contributed by atoms with van der Waals surface area (Å²) in [5.41, 5.74) is 1.31. The lowest BCUT2D eigenvalue weighted by atomic mass is 9.55. The molecule has 0 spiro atoms. The molecule has 4 heteroatoms. The normalized spacial score (nSPS) is 36.2. The van der Waals surface area contributed by atoms with Gasteiger partial charge in [0.1, 0.15) is 0 Å². The lowest BCUT2D eigenvalue weighted by Crippen LogP contribution is -2.67. The summed E-state index contributed by atoms with van der Waals surface area (Å²) in [4.78, 5) is 0. The minimum Gasteiger partial charge on any atom is -0.379 e. The maximum absolute atomic E-state index is 5.88. The standard InChI is InChI=1S/C12H19N3O/c1-12(2)10(15-8-6-13-14-7-8)9-4-3-5-16-11(9)12/h6-7,9-11,15H,3-5H2,1-2H3,(H,13,14). The van der Waals surface area contributed by atoms with Crippen LogP contribution in [0.1, 0.15) is 26.7 Å². The minimum absolute atomic E-state index is 0.225. The fourth-order valence-electron chi connectivity index (χ4n) is 3.32. The van der Waals surface area contributed by atoms with Gasteiger partial charge in [-0.1, -0.05) is 13.8 Å². The second-order valence-corrected chi connectivity index (χ2v) is 5.53.